The lowest BCUT2D eigenvalue weighted by molar-refractivity contribution is 0.0319. The van der Waals surface area contributed by atoms with Crippen LogP contribution < -0.4 is 4.74 Å². The molecule has 0 N–H and O–H groups in total. The van der Waals surface area contributed by atoms with E-state index in [0.29, 0.717) is 36.3 Å². The van der Waals surface area contributed by atoms with Crippen molar-refractivity contribution in [1.82, 2.24) is 9.21 Å². The third-order valence-electron chi connectivity index (χ3n) is 7.24. The number of aryl methyl sites for hydroxylation is 1. The summed E-state index contributed by atoms with van der Waals surface area (Å²) < 4.78 is 35.0. The molecule has 1 aliphatic carbocycles. The van der Waals surface area contributed by atoms with Crippen molar-refractivity contribution in [2.45, 2.75) is 44.0 Å². The lowest BCUT2D eigenvalue weighted by Crippen LogP contribution is -2.51. The molecule has 5 nitrogen and oxygen atoms in total. The lowest BCUT2D eigenvalue weighted by Gasteiger charge is -2.45. The number of benzene rings is 2. The molecule has 2 fully saturated rings. The number of hydrogen-bond donors (Lipinski definition) is 0. The molecule has 0 amide bonds. The van der Waals surface area contributed by atoms with Crippen LogP contribution in [0.4, 0.5) is 0 Å². The fourth-order valence-electron chi connectivity index (χ4n) is 4.92. The number of sulfonamides is 1. The van der Waals surface area contributed by atoms with Crippen molar-refractivity contribution >= 4 is 10.0 Å². The molecule has 166 valence electrons. The Morgan fingerprint density at radius 3 is 2.48 bits per heavy atom. The number of ether oxygens (including phenoxy) is 1. The van der Waals surface area contributed by atoms with E-state index in [1.54, 1.807) is 22.5 Å². The van der Waals surface area contributed by atoms with E-state index in [1.165, 1.54) is 11.1 Å². The fraction of sp³-hybridized carbons (Fsp3) is 0.520. The molecule has 0 radical (unpaired) electrons. The van der Waals surface area contributed by atoms with Crippen LogP contribution in [0.2, 0.25) is 0 Å². The second kappa shape index (κ2) is 8.23. The third kappa shape index (κ3) is 4.38. The van der Waals surface area contributed by atoms with Gasteiger partial charge in [-0.3, -0.25) is 4.90 Å². The van der Waals surface area contributed by atoms with Crippen LogP contribution in [0, 0.1) is 18.3 Å². The van der Waals surface area contributed by atoms with Crippen molar-refractivity contribution in [2.75, 3.05) is 32.8 Å². The van der Waals surface area contributed by atoms with Crippen LogP contribution in [0.15, 0.2) is 53.4 Å². The van der Waals surface area contributed by atoms with Gasteiger partial charge in [-0.25, -0.2) is 8.42 Å². The first-order valence-corrected chi connectivity index (χ1v) is 12.9. The van der Waals surface area contributed by atoms with Gasteiger partial charge < -0.3 is 4.74 Å². The van der Waals surface area contributed by atoms with E-state index in [-0.39, 0.29) is 5.41 Å². The Morgan fingerprint density at radius 2 is 1.74 bits per heavy atom. The minimum Gasteiger partial charge on any atom is -0.492 e. The van der Waals surface area contributed by atoms with E-state index in [2.05, 4.69) is 36.1 Å². The van der Waals surface area contributed by atoms with Crippen LogP contribution in [-0.4, -0.2) is 50.4 Å². The van der Waals surface area contributed by atoms with E-state index in [0.717, 1.165) is 45.3 Å². The highest BCUT2D eigenvalue weighted by Crippen LogP contribution is 2.41. The van der Waals surface area contributed by atoms with Gasteiger partial charge in [0.05, 0.1) is 6.61 Å². The van der Waals surface area contributed by atoms with Gasteiger partial charge in [-0.05, 0) is 74.9 Å². The van der Waals surface area contributed by atoms with Crippen LogP contribution >= 0.6 is 0 Å². The van der Waals surface area contributed by atoms with Crippen molar-refractivity contribution in [1.29, 1.82) is 0 Å². The van der Waals surface area contributed by atoms with E-state index < -0.39 is 10.0 Å². The highest BCUT2D eigenvalue weighted by atomic mass is 32.2. The summed E-state index contributed by atoms with van der Waals surface area (Å²) in [7, 11) is -3.55. The fourth-order valence-corrected chi connectivity index (χ4v) is 6.69. The SMILES string of the molecule is Cc1ccccc1CN1CCC2(CC1)COc1ccccc1S(=O)(=O)N(CC1CC1)C2. The largest absolute Gasteiger partial charge is 0.492 e. The van der Waals surface area contributed by atoms with Gasteiger partial charge >= 0.3 is 0 Å². The second-order valence-corrected chi connectivity index (χ2v) is 11.6. The zero-order chi connectivity index (χ0) is 21.5. The molecule has 1 spiro atoms. The monoisotopic (exact) mass is 440 g/mol. The molecule has 2 aromatic rings. The van der Waals surface area contributed by atoms with Crippen molar-refractivity contribution in [3.05, 3.63) is 59.7 Å². The lowest BCUT2D eigenvalue weighted by atomic mass is 9.78. The summed E-state index contributed by atoms with van der Waals surface area (Å²) in [5.74, 6) is 1.02. The molecule has 31 heavy (non-hydrogen) atoms. The van der Waals surface area contributed by atoms with Crippen molar-refractivity contribution in [2.24, 2.45) is 11.3 Å². The number of rotatable bonds is 4. The summed E-state index contributed by atoms with van der Waals surface area (Å²) in [5, 5.41) is 0. The Morgan fingerprint density at radius 1 is 1.03 bits per heavy atom. The van der Waals surface area contributed by atoms with Gasteiger partial charge in [-0.1, -0.05) is 36.4 Å². The molecule has 5 rings (SSSR count). The predicted molar refractivity (Wildman–Crippen MR) is 122 cm³/mol. The molecule has 2 heterocycles. The Hall–Kier alpha value is -1.89. The number of fused-ring (bicyclic) bond motifs is 1. The van der Waals surface area contributed by atoms with Crippen LogP contribution in [-0.2, 0) is 16.6 Å². The van der Waals surface area contributed by atoms with Gasteiger partial charge in [0.25, 0.3) is 0 Å². The summed E-state index contributed by atoms with van der Waals surface area (Å²) in [5.41, 5.74) is 2.58. The molecule has 0 bridgehead atoms. The summed E-state index contributed by atoms with van der Waals surface area (Å²) >= 11 is 0. The number of hydrogen-bond acceptors (Lipinski definition) is 4. The molecule has 2 aromatic carbocycles. The predicted octanol–water partition coefficient (Wildman–Crippen LogP) is 4.07. The summed E-state index contributed by atoms with van der Waals surface area (Å²) in [6, 6.07) is 15.7. The maximum Gasteiger partial charge on any atom is 0.246 e. The van der Waals surface area contributed by atoms with Gasteiger partial charge in [0.2, 0.25) is 10.0 Å². The minimum absolute atomic E-state index is 0.127. The van der Waals surface area contributed by atoms with Crippen LogP contribution in [0.1, 0.15) is 36.8 Å². The summed E-state index contributed by atoms with van der Waals surface area (Å²) in [6.07, 6.45) is 4.19. The first-order chi connectivity index (χ1) is 15.0. The molecule has 0 unspecified atom stereocenters. The van der Waals surface area contributed by atoms with Gasteiger partial charge in [0, 0.05) is 25.0 Å². The molecule has 1 saturated heterocycles. The highest BCUT2D eigenvalue weighted by molar-refractivity contribution is 7.89. The van der Waals surface area contributed by atoms with E-state index in [9.17, 15) is 8.42 Å². The van der Waals surface area contributed by atoms with Gasteiger partial charge in [0.15, 0.2) is 0 Å². The Balaban J connectivity index is 1.37. The number of likely N-dealkylation sites (tertiary alicyclic amines) is 1. The molecular formula is C25H32N2O3S. The molecule has 6 heteroatoms. The zero-order valence-electron chi connectivity index (χ0n) is 18.3. The van der Waals surface area contributed by atoms with Crippen molar-refractivity contribution in [3.8, 4) is 5.75 Å². The number of para-hydroxylation sites is 1. The smallest absolute Gasteiger partial charge is 0.246 e. The topological polar surface area (TPSA) is 49.9 Å². The molecule has 3 aliphatic rings. The third-order valence-corrected chi connectivity index (χ3v) is 9.09. The van der Waals surface area contributed by atoms with Crippen LogP contribution in [0.3, 0.4) is 0 Å². The molecule has 2 aliphatic heterocycles. The van der Waals surface area contributed by atoms with E-state index in [1.807, 2.05) is 6.07 Å². The highest BCUT2D eigenvalue weighted by Gasteiger charge is 2.44. The van der Waals surface area contributed by atoms with Gasteiger partial charge in [-0.15, -0.1) is 0 Å². The van der Waals surface area contributed by atoms with Crippen LogP contribution in [0.5, 0.6) is 5.75 Å². The maximum atomic E-state index is 13.5. The quantitative estimate of drug-likeness (QED) is 0.719. The molecule has 0 atom stereocenters. The standard InChI is InChI=1S/C25H32N2O3S/c1-20-6-2-3-7-22(20)17-26-14-12-25(13-15-26)18-27(16-21-10-11-21)31(28,29)24-9-5-4-8-23(24)30-19-25/h2-9,21H,10-19H2,1H3. The first-order valence-electron chi connectivity index (χ1n) is 11.4. The van der Waals surface area contributed by atoms with Crippen molar-refractivity contribution in [3.63, 3.8) is 0 Å². The van der Waals surface area contributed by atoms with Crippen molar-refractivity contribution < 1.29 is 13.2 Å². The Kier molecular flexibility index (Phi) is 5.57. The molecule has 1 saturated carbocycles. The molecular weight excluding hydrogens is 408 g/mol. The first kappa shape index (κ1) is 21.0. The normalized spacial score (nSPS) is 23.5. The molecule has 0 aromatic heterocycles. The number of nitrogens with zero attached hydrogens (tertiary/aromatic N) is 2. The number of piperidine rings is 1. The summed E-state index contributed by atoms with van der Waals surface area (Å²) in [6.45, 7) is 6.86. The van der Waals surface area contributed by atoms with Gasteiger partial charge in [0.1, 0.15) is 10.6 Å². The van der Waals surface area contributed by atoms with Crippen LogP contribution in [0.25, 0.3) is 0 Å². The zero-order valence-corrected chi connectivity index (χ0v) is 19.1. The maximum absolute atomic E-state index is 13.5. The van der Waals surface area contributed by atoms with E-state index >= 15 is 0 Å². The minimum atomic E-state index is -3.55. The second-order valence-electron chi connectivity index (χ2n) is 9.68. The Labute approximate surface area is 186 Å². The van der Waals surface area contributed by atoms with E-state index in [4.69, 9.17) is 4.74 Å². The Bertz CT molecular complexity index is 1040. The average Bonchev–Trinajstić information content (AvgIpc) is 3.59. The summed E-state index contributed by atoms with van der Waals surface area (Å²) in [4.78, 5) is 2.82. The average molecular weight is 441 g/mol. The van der Waals surface area contributed by atoms with Gasteiger partial charge in [-0.2, -0.15) is 4.31 Å².